The van der Waals surface area contributed by atoms with Crippen molar-refractivity contribution in [2.45, 2.75) is 36.7 Å². The van der Waals surface area contributed by atoms with Gasteiger partial charge in [-0.2, -0.15) is 0 Å². The van der Waals surface area contributed by atoms with Crippen molar-refractivity contribution >= 4 is 17.5 Å². The van der Waals surface area contributed by atoms with Crippen molar-refractivity contribution in [2.75, 3.05) is 14.1 Å². The summed E-state index contributed by atoms with van der Waals surface area (Å²) in [5.41, 5.74) is 0.394. The zero-order chi connectivity index (χ0) is 23.9. The van der Waals surface area contributed by atoms with Crippen LogP contribution in [0.4, 0.5) is 0 Å². The Hall–Kier alpha value is -2.79. The van der Waals surface area contributed by atoms with Crippen molar-refractivity contribution in [1.29, 1.82) is 0 Å². The molecular formula is C22H26N2O8. The maximum atomic E-state index is 13.3. The van der Waals surface area contributed by atoms with Gasteiger partial charge in [0.2, 0.25) is 5.91 Å². The Morgan fingerprint density at radius 1 is 1.19 bits per heavy atom. The third-order valence-electron chi connectivity index (χ3n) is 7.39. The van der Waals surface area contributed by atoms with E-state index >= 15 is 0 Å². The monoisotopic (exact) mass is 446 g/mol. The van der Waals surface area contributed by atoms with Gasteiger partial charge in [-0.15, -0.1) is 0 Å². The van der Waals surface area contributed by atoms with E-state index in [4.69, 9.17) is 5.73 Å². The first-order valence-electron chi connectivity index (χ1n) is 10.2. The Kier molecular flexibility index (Phi) is 4.80. The Morgan fingerprint density at radius 2 is 1.81 bits per heavy atom. The number of likely N-dealkylation sites (N-methyl/N-ethyl adjacent to an activating group) is 1. The average molecular weight is 446 g/mol. The summed E-state index contributed by atoms with van der Waals surface area (Å²) in [5, 5.41) is 55.2. The predicted molar refractivity (Wildman–Crippen MR) is 109 cm³/mol. The predicted octanol–water partition coefficient (Wildman–Crippen LogP) is -1.05. The minimum Gasteiger partial charge on any atom is -0.508 e. The number of fused-ring (bicyclic) bond motifs is 3. The molecule has 7 atom stereocenters. The number of phenolic OH excluding ortho intramolecular Hbond substituents is 1. The summed E-state index contributed by atoms with van der Waals surface area (Å²) in [4.78, 5) is 40.0. The first-order chi connectivity index (χ1) is 14.8. The third kappa shape index (κ3) is 2.57. The molecule has 172 valence electrons. The number of aromatic hydroxyl groups is 1. The first-order valence-corrected chi connectivity index (χ1v) is 10.2. The molecule has 6 unspecified atom stereocenters. The quantitative estimate of drug-likeness (QED) is 0.309. The summed E-state index contributed by atoms with van der Waals surface area (Å²) < 4.78 is 0. The van der Waals surface area contributed by atoms with Gasteiger partial charge in [-0.3, -0.25) is 14.4 Å². The van der Waals surface area contributed by atoms with Gasteiger partial charge in [0.05, 0.1) is 17.3 Å². The van der Waals surface area contributed by atoms with Gasteiger partial charge in [-0.1, -0.05) is 12.1 Å². The molecule has 32 heavy (non-hydrogen) atoms. The van der Waals surface area contributed by atoms with Crippen LogP contribution in [0.1, 0.15) is 29.3 Å². The second-order valence-corrected chi connectivity index (χ2v) is 9.29. The summed E-state index contributed by atoms with van der Waals surface area (Å²) in [5.74, 6) is -8.67. The Bertz CT molecular complexity index is 1080. The minimum atomic E-state index is -2.69. The van der Waals surface area contributed by atoms with E-state index < -0.39 is 75.7 Å². The van der Waals surface area contributed by atoms with Crippen molar-refractivity contribution in [3.8, 4) is 5.75 Å². The van der Waals surface area contributed by atoms with Gasteiger partial charge in [0, 0.05) is 23.5 Å². The van der Waals surface area contributed by atoms with Crippen molar-refractivity contribution in [3.05, 3.63) is 40.7 Å². The molecule has 4 rings (SSSR count). The number of aliphatic hydroxyl groups excluding tert-OH is 2. The lowest BCUT2D eigenvalue weighted by Crippen LogP contribution is -2.71. The van der Waals surface area contributed by atoms with Crippen molar-refractivity contribution < 1.29 is 39.9 Å². The average Bonchev–Trinajstić information content (AvgIpc) is 2.68. The van der Waals surface area contributed by atoms with Crippen molar-refractivity contribution in [2.24, 2.45) is 23.5 Å². The largest absolute Gasteiger partial charge is 0.508 e. The number of benzene rings is 1. The number of primary amides is 1. The normalized spacial score (nSPS) is 38.9. The van der Waals surface area contributed by atoms with Crippen molar-refractivity contribution in [3.63, 3.8) is 0 Å². The fourth-order valence-corrected chi connectivity index (χ4v) is 5.86. The molecule has 1 aromatic carbocycles. The van der Waals surface area contributed by atoms with E-state index in [2.05, 4.69) is 0 Å². The summed E-state index contributed by atoms with van der Waals surface area (Å²) in [6.07, 6.45) is -1.74. The molecule has 1 saturated carbocycles. The summed E-state index contributed by atoms with van der Waals surface area (Å²) in [6, 6.07) is 3.20. The van der Waals surface area contributed by atoms with Crippen LogP contribution in [0.3, 0.4) is 0 Å². The van der Waals surface area contributed by atoms with Crippen LogP contribution in [0, 0.1) is 17.8 Å². The third-order valence-corrected chi connectivity index (χ3v) is 7.39. The molecule has 3 aliphatic rings. The highest BCUT2D eigenvalue weighted by molar-refractivity contribution is 6.15. The first kappa shape index (κ1) is 22.4. The summed E-state index contributed by atoms with van der Waals surface area (Å²) in [6.45, 7) is 1.41. The number of phenols is 1. The Labute approximate surface area is 183 Å². The molecule has 10 nitrogen and oxygen atoms in total. The van der Waals surface area contributed by atoms with Crippen LogP contribution < -0.4 is 5.73 Å². The van der Waals surface area contributed by atoms with Gasteiger partial charge in [-0.25, -0.2) is 0 Å². The van der Waals surface area contributed by atoms with E-state index in [1.165, 1.54) is 30.0 Å². The lowest BCUT2D eigenvalue weighted by atomic mass is 9.53. The molecule has 1 amide bonds. The number of nitrogens with zero attached hydrogens (tertiary/aromatic N) is 1. The van der Waals surface area contributed by atoms with E-state index in [0.717, 1.165) is 0 Å². The number of hydrogen-bond acceptors (Lipinski definition) is 9. The smallest absolute Gasteiger partial charge is 0.230 e. The maximum absolute atomic E-state index is 13.3. The lowest BCUT2D eigenvalue weighted by Gasteiger charge is -2.55. The number of carbonyl (C=O) groups excluding carboxylic acids is 3. The molecule has 0 spiro atoms. The fourth-order valence-electron chi connectivity index (χ4n) is 5.86. The lowest BCUT2D eigenvalue weighted by molar-refractivity contribution is -0.182. The van der Waals surface area contributed by atoms with Crippen molar-refractivity contribution in [1.82, 2.24) is 4.90 Å². The molecule has 0 aliphatic heterocycles. The number of Topliss-reactive ketones (excluding diaryl/α,β-unsaturated/α-hetero) is 2. The van der Waals surface area contributed by atoms with Crippen LogP contribution >= 0.6 is 0 Å². The number of hydrogen-bond donors (Lipinski definition) is 6. The highest BCUT2D eigenvalue weighted by Crippen LogP contribution is 2.56. The van der Waals surface area contributed by atoms with Gasteiger partial charge in [0.15, 0.2) is 17.2 Å². The topological polar surface area (TPSA) is 182 Å². The van der Waals surface area contributed by atoms with Gasteiger partial charge < -0.3 is 36.2 Å². The highest BCUT2D eigenvalue weighted by Gasteiger charge is 2.67. The van der Waals surface area contributed by atoms with Crippen LogP contribution in [0.5, 0.6) is 5.75 Å². The Morgan fingerprint density at radius 3 is 2.38 bits per heavy atom. The SMILES string of the molecule is CN(C)C1C(O)C(C(N)=O)C(=O)[C@@]2(O)C(O)=C3C(=O)c4c(O)cccc4C(C)(O)C3CC12. The van der Waals surface area contributed by atoms with E-state index in [1.54, 1.807) is 14.1 Å². The standard InChI is InChI=1S/C22H26N2O8/c1-21(31)8-5-4-6-11(25)12(8)16(26)13-9(21)7-10-15(24(2)3)17(27)14(20(23)30)19(29)22(10,32)18(13)28/h4-6,9-10,14-15,17,25,27-28,31-32H,7H2,1-3H3,(H2,23,30)/t9?,10?,14?,15?,17?,21?,22-/m0/s1. The summed E-state index contributed by atoms with van der Waals surface area (Å²) >= 11 is 0. The fraction of sp³-hybridized carbons (Fsp3) is 0.500. The number of rotatable bonds is 2. The van der Waals surface area contributed by atoms with Gasteiger partial charge >= 0.3 is 0 Å². The molecule has 0 bridgehead atoms. The van der Waals surface area contributed by atoms with Gasteiger partial charge in [-0.05, 0) is 39.1 Å². The van der Waals surface area contributed by atoms with Crippen LogP contribution in [-0.4, -0.2) is 79.7 Å². The minimum absolute atomic E-state index is 0.147. The van der Waals surface area contributed by atoms with E-state index in [-0.39, 0.29) is 17.5 Å². The molecule has 3 aliphatic carbocycles. The number of aliphatic hydroxyl groups is 4. The van der Waals surface area contributed by atoms with Gasteiger partial charge in [0.25, 0.3) is 0 Å². The second kappa shape index (κ2) is 6.85. The van der Waals surface area contributed by atoms with E-state index in [9.17, 15) is 39.9 Å². The number of carbonyl (C=O) groups is 3. The van der Waals surface area contributed by atoms with Crippen LogP contribution in [0.2, 0.25) is 0 Å². The van der Waals surface area contributed by atoms with Crippen LogP contribution in [0.15, 0.2) is 29.5 Å². The zero-order valence-electron chi connectivity index (χ0n) is 17.8. The highest BCUT2D eigenvalue weighted by atomic mass is 16.4. The number of nitrogens with two attached hydrogens (primary N) is 1. The van der Waals surface area contributed by atoms with E-state index in [1.807, 2.05) is 0 Å². The Balaban J connectivity index is 2.02. The molecule has 0 heterocycles. The molecule has 0 saturated heterocycles. The summed E-state index contributed by atoms with van der Waals surface area (Å²) in [7, 11) is 3.13. The second-order valence-electron chi connectivity index (χ2n) is 9.29. The van der Waals surface area contributed by atoms with E-state index in [0.29, 0.717) is 0 Å². The molecular weight excluding hydrogens is 420 g/mol. The molecule has 1 fully saturated rings. The van der Waals surface area contributed by atoms with Crippen LogP contribution in [-0.2, 0) is 15.2 Å². The maximum Gasteiger partial charge on any atom is 0.230 e. The molecule has 0 radical (unpaired) electrons. The molecule has 10 heteroatoms. The molecule has 7 N–H and O–H groups in total. The molecule has 0 aromatic heterocycles. The van der Waals surface area contributed by atoms with Gasteiger partial charge in [0.1, 0.15) is 17.4 Å². The zero-order valence-corrected chi connectivity index (χ0v) is 17.8. The number of amides is 1. The molecule has 1 aromatic rings. The van der Waals surface area contributed by atoms with Crippen LogP contribution in [0.25, 0.3) is 0 Å². The number of ketones is 2.